The number of nitrogens with one attached hydrogen (secondary N) is 1. The van der Waals surface area contributed by atoms with Gasteiger partial charge in [-0.15, -0.1) is 0 Å². The van der Waals surface area contributed by atoms with Gasteiger partial charge in [0.05, 0.1) is 27.9 Å². The Morgan fingerprint density at radius 2 is 1.05 bits per heavy atom. The molecule has 2 heterocycles. The van der Waals surface area contributed by atoms with Crippen LogP contribution < -0.4 is 15.0 Å². The Balaban J connectivity index is 1.43. The Labute approximate surface area is 243 Å². The van der Waals surface area contributed by atoms with Gasteiger partial charge in [0.15, 0.2) is 0 Å². The number of amides is 4. The zero-order chi connectivity index (χ0) is 31.6. The first-order valence-electron chi connectivity index (χ1n) is 12.7. The zero-order valence-electron chi connectivity index (χ0n) is 21.9. The zero-order valence-corrected chi connectivity index (χ0v) is 21.9. The van der Waals surface area contributed by atoms with Gasteiger partial charge in [-0.05, 0) is 71.8 Å². The smallest absolute Gasteiger partial charge is 0.411 e. The molecule has 222 valence electrons. The molecule has 44 heavy (non-hydrogen) atoms. The molecule has 0 fully saturated rings. The lowest BCUT2D eigenvalue weighted by atomic mass is 9.71. The van der Waals surface area contributed by atoms with Gasteiger partial charge < -0.3 is 4.74 Å². The van der Waals surface area contributed by atoms with Gasteiger partial charge in [-0.1, -0.05) is 30.3 Å². The van der Waals surface area contributed by atoms with Crippen LogP contribution in [0.5, 0.6) is 11.5 Å². The number of hydrogen-bond donors (Lipinski definition) is 1. The Morgan fingerprint density at radius 3 is 1.64 bits per heavy atom. The Kier molecular flexibility index (Phi) is 6.38. The van der Waals surface area contributed by atoms with Gasteiger partial charge in [0.1, 0.15) is 11.5 Å². The van der Waals surface area contributed by atoms with Crippen molar-refractivity contribution in [2.45, 2.75) is 17.8 Å². The second-order valence-electron chi connectivity index (χ2n) is 9.90. The summed E-state index contributed by atoms with van der Waals surface area (Å²) < 4.78 is 94.3. The molecule has 4 aromatic rings. The molecule has 2 aliphatic heterocycles. The maximum Gasteiger partial charge on any atom is 0.411 e. The predicted octanol–water partition coefficient (Wildman–Crippen LogP) is 6.57. The van der Waals surface area contributed by atoms with Gasteiger partial charge in [-0.3, -0.25) is 24.5 Å². The van der Waals surface area contributed by atoms with Crippen molar-refractivity contribution < 1.29 is 50.3 Å². The molecule has 4 aromatic carbocycles. The fourth-order valence-corrected chi connectivity index (χ4v) is 5.38. The van der Waals surface area contributed by atoms with Crippen molar-refractivity contribution in [3.8, 4) is 11.5 Å². The van der Waals surface area contributed by atoms with Crippen LogP contribution in [-0.4, -0.2) is 36.0 Å². The summed E-state index contributed by atoms with van der Waals surface area (Å²) in [5.41, 5.74) is -9.66. The molecule has 7 nitrogen and oxygen atoms in total. The van der Waals surface area contributed by atoms with Crippen molar-refractivity contribution in [3.63, 3.8) is 0 Å². The number of carbonyl (C=O) groups excluding carboxylic acids is 4. The van der Waals surface area contributed by atoms with Gasteiger partial charge in [0, 0.05) is 0 Å². The van der Waals surface area contributed by atoms with Gasteiger partial charge >= 0.3 is 12.4 Å². The van der Waals surface area contributed by atoms with Crippen molar-refractivity contribution in [3.05, 3.63) is 124 Å². The highest BCUT2D eigenvalue weighted by atomic mass is 19.4. The monoisotopic (exact) mass is 610 g/mol. The summed E-state index contributed by atoms with van der Waals surface area (Å²) >= 11 is 0. The molecule has 2 aliphatic rings. The van der Waals surface area contributed by atoms with Crippen LogP contribution in [0.25, 0.3) is 0 Å². The molecule has 4 amide bonds. The number of nitrogens with zero attached hydrogens (tertiary/aromatic N) is 1. The molecule has 0 aliphatic carbocycles. The summed E-state index contributed by atoms with van der Waals surface area (Å²) in [6.45, 7) is 0. The highest BCUT2D eigenvalue weighted by Gasteiger charge is 2.73. The van der Waals surface area contributed by atoms with E-state index in [2.05, 4.69) is 0 Å². The molecular formula is C31H16F6N2O5. The number of carbonyl (C=O) groups is 4. The molecule has 0 saturated carbocycles. The highest BCUT2D eigenvalue weighted by Crippen LogP contribution is 2.57. The van der Waals surface area contributed by atoms with E-state index in [1.54, 1.807) is 30.3 Å². The SMILES string of the molecule is O=C1NC(=O)c2cc(C(c3ccc4c(c3)C(=O)N(c3ccc(Oc5ccccc5)cc3)C4=O)(C(F)(F)F)C(F)(F)F)ccc21. The first-order valence-corrected chi connectivity index (χ1v) is 12.7. The fourth-order valence-electron chi connectivity index (χ4n) is 5.38. The minimum absolute atomic E-state index is 0.00497. The van der Waals surface area contributed by atoms with Gasteiger partial charge in [0.25, 0.3) is 23.6 Å². The minimum atomic E-state index is -6.05. The van der Waals surface area contributed by atoms with Gasteiger partial charge in [0.2, 0.25) is 5.41 Å². The van der Waals surface area contributed by atoms with Crippen molar-refractivity contribution in [1.82, 2.24) is 5.32 Å². The van der Waals surface area contributed by atoms with Crippen molar-refractivity contribution in [2.75, 3.05) is 4.90 Å². The van der Waals surface area contributed by atoms with E-state index in [0.29, 0.717) is 46.7 Å². The Bertz CT molecular complexity index is 1850. The average Bonchev–Trinajstić information content (AvgIpc) is 3.39. The number of anilines is 1. The largest absolute Gasteiger partial charge is 0.457 e. The molecule has 13 heteroatoms. The molecule has 6 rings (SSSR count). The molecule has 0 radical (unpaired) electrons. The third-order valence-electron chi connectivity index (χ3n) is 7.41. The molecular weight excluding hydrogens is 594 g/mol. The minimum Gasteiger partial charge on any atom is -0.457 e. The third kappa shape index (κ3) is 4.22. The summed E-state index contributed by atoms with van der Waals surface area (Å²) in [5, 5.41) is 1.82. The summed E-state index contributed by atoms with van der Waals surface area (Å²) in [7, 11) is 0. The van der Waals surface area contributed by atoms with Crippen LogP contribution in [0.2, 0.25) is 0 Å². The number of hydrogen-bond acceptors (Lipinski definition) is 5. The first-order chi connectivity index (χ1) is 20.7. The van der Waals surface area contributed by atoms with Crippen LogP contribution in [0, 0.1) is 0 Å². The predicted molar refractivity (Wildman–Crippen MR) is 142 cm³/mol. The molecule has 0 spiro atoms. The Morgan fingerprint density at radius 1 is 0.545 bits per heavy atom. The molecule has 0 saturated heterocycles. The summed E-state index contributed by atoms with van der Waals surface area (Å²) in [5.74, 6) is -3.38. The molecule has 0 bridgehead atoms. The average molecular weight is 610 g/mol. The topological polar surface area (TPSA) is 92.8 Å². The number of halogens is 6. The van der Waals surface area contributed by atoms with Gasteiger partial charge in [-0.2, -0.15) is 26.3 Å². The van der Waals surface area contributed by atoms with Crippen LogP contribution in [0.1, 0.15) is 52.6 Å². The summed E-state index contributed by atoms with van der Waals surface area (Å²) in [4.78, 5) is 51.1. The van der Waals surface area contributed by atoms with E-state index in [1.165, 1.54) is 24.3 Å². The van der Waals surface area contributed by atoms with E-state index in [1.807, 2.05) is 5.32 Å². The molecule has 0 atom stereocenters. The normalized spacial score (nSPS) is 14.9. The maximum atomic E-state index is 14.8. The number of fused-ring (bicyclic) bond motifs is 2. The van der Waals surface area contributed by atoms with Gasteiger partial charge in [-0.25, -0.2) is 4.90 Å². The first kappa shape index (κ1) is 28.6. The third-order valence-corrected chi connectivity index (χ3v) is 7.41. The van der Waals surface area contributed by atoms with Crippen LogP contribution in [0.15, 0.2) is 91.0 Å². The van der Waals surface area contributed by atoms with Crippen LogP contribution in [-0.2, 0) is 5.41 Å². The molecule has 0 aromatic heterocycles. The number of imide groups is 2. The van der Waals surface area contributed by atoms with E-state index in [-0.39, 0.29) is 11.3 Å². The van der Waals surface area contributed by atoms with E-state index < -0.39 is 69.2 Å². The fraction of sp³-hybridized carbons (Fsp3) is 0.0968. The summed E-state index contributed by atoms with van der Waals surface area (Å²) in [6, 6.07) is 17.3. The van der Waals surface area contributed by atoms with E-state index in [0.717, 1.165) is 6.07 Å². The van der Waals surface area contributed by atoms with Crippen LogP contribution in [0.3, 0.4) is 0 Å². The number of ether oxygens (including phenoxy) is 1. The number of rotatable bonds is 5. The van der Waals surface area contributed by atoms with E-state index in [9.17, 15) is 45.5 Å². The Hall–Kier alpha value is -5.46. The maximum absolute atomic E-state index is 14.8. The lowest BCUT2D eigenvalue weighted by Crippen LogP contribution is -2.55. The number of para-hydroxylation sites is 1. The van der Waals surface area contributed by atoms with Crippen LogP contribution in [0.4, 0.5) is 32.0 Å². The lowest BCUT2D eigenvalue weighted by molar-refractivity contribution is -0.288. The molecule has 1 N–H and O–H groups in total. The highest BCUT2D eigenvalue weighted by molar-refractivity contribution is 6.34. The number of alkyl halides is 6. The summed E-state index contributed by atoms with van der Waals surface area (Å²) in [6.07, 6.45) is -12.1. The second kappa shape index (κ2) is 9.79. The van der Waals surface area contributed by atoms with Crippen molar-refractivity contribution in [2.24, 2.45) is 0 Å². The van der Waals surface area contributed by atoms with E-state index >= 15 is 0 Å². The lowest BCUT2D eigenvalue weighted by Gasteiger charge is -2.38. The standard InChI is InChI=1S/C31H16F6N2O5/c32-30(33,34)29(31(35,36)37,16-6-12-21-23(14-16)26(41)38-25(21)40)17-7-13-22-24(15-17)28(43)39(27(22)42)18-8-10-20(11-9-18)44-19-4-2-1-3-5-19/h1-15H,(H,38,40,41). The number of benzene rings is 4. The molecule has 0 unspecified atom stereocenters. The van der Waals surface area contributed by atoms with Crippen molar-refractivity contribution in [1.29, 1.82) is 0 Å². The van der Waals surface area contributed by atoms with Crippen molar-refractivity contribution >= 4 is 29.3 Å². The van der Waals surface area contributed by atoms with Crippen LogP contribution >= 0.6 is 0 Å². The second-order valence-corrected chi connectivity index (χ2v) is 9.90. The van der Waals surface area contributed by atoms with E-state index in [4.69, 9.17) is 4.74 Å². The quantitative estimate of drug-likeness (QED) is 0.204.